The summed E-state index contributed by atoms with van der Waals surface area (Å²) in [6.07, 6.45) is 0. The number of carbonyl (C=O) groups excluding carboxylic acids is 1. The first-order valence-electron chi connectivity index (χ1n) is 11.3. The highest BCUT2D eigenvalue weighted by atomic mass is 16.6. The lowest BCUT2D eigenvalue weighted by Gasteiger charge is -2.22. The van der Waals surface area contributed by atoms with E-state index in [1.165, 1.54) is 24.3 Å². The second kappa shape index (κ2) is 8.45. The van der Waals surface area contributed by atoms with Gasteiger partial charge in [0.05, 0.1) is 43.9 Å². The number of rotatable bonds is 5. The van der Waals surface area contributed by atoms with E-state index < -0.39 is 9.85 Å². The van der Waals surface area contributed by atoms with Crippen LogP contribution in [-0.4, -0.2) is 30.7 Å². The van der Waals surface area contributed by atoms with Crippen molar-refractivity contribution >= 4 is 39.4 Å². The number of phenols is 1. The molecule has 4 aromatic carbocycles. The lowest BCUT2D eigenvalue weighted by molar-refractivity contribution is -0.385. The number of nitro groups is 2. The maximum Gasteiger partial charge on any atom is 0.273 e. The first kappa shape index (κ1) is 22.7. The molecule has 0 atom stereocenters. The van der Waals surface area contributed by atoms with Crippen molar-refractivity contribution in [2.45, 2.75) is 0 Å². The van der Waals surface area contributed by atoms with Gasteiger partial charge < -0.3 is 10.4 Å². The number of carbonyl (C=O) groups is 1. The standard InChI is InChI=1S/C27H15N5O6/c33-22-13-16(32(37)38)9-10-19(22)27-29-20-11-12-21(28-14-5-7-15(8-6-14)31(35)36)24-23(20)25(30-27)17-3-1-2-4-18(17)26(24)34/h1-13,28,33H. The minimum absolute atomic E-state index is 0.0573. The fraction of sp³-hybridized carbons (Fsp3) is 0. The van der Waals surface area contributed by atoms with Crippen LogP contribution in [0.15, 0.2) is 78.9 Å². The second-order valence-corrected chi connectivity index (χ2v) is 8.54. The summed E-state index contributed by atoms with van der Waals surface area (Å²) < 4.78 is 0. The molecule has 0 bridgehead atoms. The summed E-state index contributed by atoms with van der Waals surface area (Å²) in [6.45, 7) is 0. The number of phenolic OH excluding ortho intramolecular Hbond substituents is 1. The quantitative estimate of drug-likeness (QED) is 0.219. The molecule has 11 heteroatoms. The molecule has 0 unspecified atom stereocenters. The Morgan fingerprint density at radius 1 is 0.763 bits per heavy atom. The molecule has 0 saturated heterocycles. The van der Waals surface area contributed by atoms with Crippen LogP contribution in [-0.2, 0) is 0 Å². The molecule has 1 aliphatic carbocycles. The zero-order chi connectivity index (χ0) is 26.6. The molecule has 0 aliphatic heterocycles. The van der Waals surface area contributed by atoms with Crippen molar-refractivity contribution in [1.82, 2.24) is 9.97 Å². The number of aromatic nitrogens is 2. The van der Waals surface area contributed by atoms with E-state index in [4.69, 9.17) is 4.98 Å². The van der Waals surface area contributed by atoms with Crippen LogP contribution < -0.4 is 5.32 Å². The molecule has 11 nitrogen and oxygen atoms in total. The third kappa shape index (κ3) is 3.57. The van der Waals surface area contributed by atoms with Gasteiger partial charge in [0.25, 0.3) is 11.4 Å². The SMILES string of the molecule is O=C1c2ccccc2-c2nc(-c3ccc([N+](=O)[O-])cc3O)nc3ccc(Nc4ccc([N+](=O)[O-])cc4)c1c23. The number of ketones is 1. The Kier molecular flexibility index (Phi) is 5.06. The van der Waals surface area contributed by atoms with Gasteiger partial charge in [0, 0.05) is 40.4 Å². The molecular formula is C27H15N5O6. The number of hydrogen-bond donors (Lipinski definition) is 2. The van der Waals surface area contributed by atoms with E-state index in [1.807, 2.05) is 0 Å². The van der Waals surface area contributed by atoms with Crippen molar-refractivity contribution in [3.8, 4) is 28.4 Å². The Morgan fingerprint density at radius 2 is 1.45 bits per heavy atom. The summed E-state index contributed by atoms with van der Waals surface area (Å²) in [5.41, 5.74) is 3.17. The Balaban J connectivity index is 1.56. The van der Waals surface area contributed by atoms with Gasteiger partial charge in [-0.05, 0) is 30.3 Å². The van der Waals surface area contributed by atoms with E-state index in [1.54, 1.807) is 48.5 Å². The predicted molar refractivity (Wildman–Crippen MR) is 139 cm³/mol. The van der Waals surface area contributed by atoms with Gasteiger partial charge in [0.2, 0.25) is 0 Å². The Hall–Kier alpha value is -5.71. The summed E-state index contributed by atoms with van der Waals surface area (Å²) in [4.78, 5) is 43.9. The zero-order valence-electron chi connectivity index (χ0n) is 19.3. The second-order valence-electron chi connectivity index (χ2n) is 8.54. The van der Waals surface area contributed by atoms with Crippen LogP contribution in [0.3, 0.4) is 0 Å². The summed E-state index contributed by atoms with van der Waals surface area (Å²) in [5.74, 6) is -0.439. The lowest BCUT2D eigenvalue weighted by Crippen LogP contribution is -2.14. The van der Waals surface area contributed by atoms with Crippen molar-refractivity contribution in [3.63, 3.8) is 0 Å². The highest BCUT2D eigenvalue weighted by molar-refractivity contribution is 6.27. The van der Waals surface area contributed by atoms with Gasteiger partial charge in [-0.25, -0.2) is 9.97 Å². The topological polar surface area (TPSA) is 161 Å². The summed E-state index contributed by atoms with van der Waals surface area (Å²) >= 11 is 0. The predicted octanol–water partition coefficient (Wildman–Crippen LogP) is 5.77. The minimum atomic E-state index is -0.609. The normalized spacial score (nSPS) is 11.7. The number of non-ortho nitro benzene ring substituents is 2. The van der Waals surface area contributed by atoms with Gasteiger partial charge in [-0.15, -0.1) is 0 Å². The van der Waals surface area contributed by atoms with Crippen LogP contribution in [0.4, 0.5) is 22.7 Å². The van der Waals surface area contributed by atoms with E-state index in [0.29, 0.717) is 44.7 Å². The molecule has 1 aliphatic rings. The number of nitrogens with one attached hydrogen (secondary N) is 1. The monoisotopic (exact) mass is 505 g/mol. The number of nitrogens with zero attached hydrogens (tertiary/aromatic N) is 4. The van der Waals surface area contributed by atoms with Crippen LogP contribution in [0.5, 0.6) is 5.75 Å². The Bertz CT molecular complexity index is 1840. The third-order valence-corrected chi connectivity index (χ3v) is 6.31. The van der Waals surface area contributed by atoms with Crippen molar-refractivity contribution in [2.24, 2.45) is 0 Å². The molecule has 0 saturated carbocycles. The first-order valence-corrected chi connectivity index (χ1v) is 11.3. The third-order valence-electron chi connectivity index (χ3n) is 6.31. The van der Waals surface area contributed by atoms with E-state index in [-0.39, 0.29) is 34.3 Å². The van der Waals surface area contributed by atoms with E-state index in [9.17, 15) is 30.1 Å². The Labute approximate surface area is 213 Å². The summed E-state index contributed by atoms with van der Waals surface area (Å²) in [5, 5.41) is 36.3. The molecule has 0 amide bonds. The number of fused-ring (bicyclic) bond motifs is 2. The molecule has 38 heavy (non-hydrogen) atoms. The first-order chi connectivity index (χ1) is 18.3. The van der Waals surface area contributed by atoms with Gasteiger partial charge in [-0.2, -0.15) is 0 Å². The highest BCUT2D eigenvalue weighted by Crippen LogP contribution is 2.43. The number of aromatic hydroxyl groups is 1. The molecule has 5 aromatic rings. The van der Waals surface area contributed by atoms with Crippen LogP contribution in [0.25, 0.3) is 33.5 Å². The maximum absolute atomic E-state index is 13.7. The van der Waals surface area contributed by atoms with E-state index >= 15 is 0 Å². The molecule has 0 fully saturated rings. The van der Waals surface area contributed by atoms with Crippen LogP contribution in [0.2, 0.25) is 0 Å². The number of benzene rings is 4. The van der Waals surface area contributed by atoms with Crippen LogP contribution >= 0.6 is 0 Å². The Morgan fingerprint density at radius 3 is 2.13 bits per heavy atom. The largest absolute Gasteiger partial charge is 0.507 e. The van der Waals surface area contributed by atoms with Gasteiger partial charge in [-0.3, -0.25) is 25.0 Å². The molecule has 1 aromatic heterocycles. The van der Waals surface area contributed by atoms with Gasteiger partial charge in [0.1, 0.15) is 5.75 Å². The number of hydrogen-bond acceptors (Lipinski definition) is 9. The molecule has 0 spiro atoms. The van der Waals surface area contributed by atoms with E-state index in [2.05, 4.69) is 10.3 Å². The van der Waals surface area contributed by atoms with Gasteiger partial charge in [-0.1, -0.05) is 24.3 Å². The van der Waals surface area contributed by atoms with Crippen molar-refractivity contribution < 1.29 is 19.7 Å². The summed E-state index contributed by atoms with van der Waals surface area (Å²) in [7, 11) is 0. The average molecular weight is 505 g/mol. The molecule has 184 valence electrons. The molecular weight excluding hydrogens is 490 g/mol. The van der Waals surface area contributed by atoms with Gasteiger partial charge >= 0.3 is 0 Å². The molecule has 0 radical (unpaired) electrons. The molecule has 2 N–H and O–H groups in total. The number of nitro benzene ring substituents is 2. The zero-order valence-corrected chi connectivity index (χ0v) is 19.3. The fourth-order valence-electron chi connectivity index (χ4n) is 4.55. The van der Waals surface area contributed by atoms with Gasteiger partial charge in [0.15, 0.2) is 11.6 Å². The van der Waals surface area contributed by atoms with E-state index in [0.717, 1.165) is 6.07 Å². The molecule has 6 rings (SSSR count). The van der Waals surface area contributed by atoms with Crippen molar-refractivity contribution in [1.29, 1.82) is 0 Å². The van der Waals surface area contributed by atoms with Crippen molar-refractivity contribution in [2.75, 3.05) is 5.32 Å². The minimum Gasteiger partial charge on any atom is -0.507 e. The maximum atomic E-state index is 13.7. The lowest BCUT2D eigenvalue weighted by atomic mass is 9.85. The molecule has 1 heterocycles. The van der Waals surface area contributed by atoms with Crippen molar-refractivity contribution in [3.05, 3.63) is 110 Å². The highest BCUT2D eigenvalue weighted by Gasteiger charge is 2.30. The number of anilines is 2. The van der Waals surface area contributed by atoms with Crippen LogP contribution in [0.1, 0.15) is 15.9 Å². The summed E-state index contributed by atoms with van der Waals surface area (Å²) in [6, 6.07) is 19.9. The fourth-order valence-corrected chi connectivity index (χ4v) is 4.55. The smallest absolute Gasteiger partial charge is 0.273 e. The van der Waals surface area contributed by atoms with Crippen LogP contribution in [0, 0.1) is 20.2 Å². The average Bonchev–Trinajstić information content (AvgIpc) is 2.92.